The second kappa shape index (κ2) is 5.96. The van der Waals surface area contributed by atoms with Gasteiger partial charge in [-0.2, -0.15) is 0 Å². The van der Waals surface area contributed by atoms with Crippen LogP contribution < -0.4 is 10.1 Å². The van der Waals surface area contributed by atoms with Gasteiger partial charge in [0.1, 0.15) is 11.5 Å². The predicted octanol–water partition coefficient (Wildman–Crippen LogP) is 4.61. The average Bonchev–Trinajstić information content (AvgIpc) is 2.90. The summed E-state index contributed by atoms with van der Waals surface area (Å²) in [5.41, 5.74) is 0.954. The summed E-state index contributed by atoms with van der Waals surface area (Å²) < 4.78 is 11.8. The molecular weight excluding hydrogens is 294 g/mol. The van der Waals surface area contributed by atoms with E-state index in [9.17, 15) is 0 Å². The monoisotopic (exact) mass is 309 g/mol. The van der Waals surface area contributed by atoms with Crippen molar-refractivity contribution in [1.82, 2.24) is 0 Å². The van der Waals surface area contributed by atoms with Gasteiger partial charge in [0.25, 0.3) is 0 Å². The zero-order valence-electron chi connectivity index (χ0n) is 10.4. The summed E-state index contributed by atoms with van der Waals surface area (Å²) >= 11 is 3.47. The topological polar surface area (TPSA) is 34.4 Å². The maximum absolute atomic E-state index is 5.45. The van der Waals surface area contributed by atoms with Crippen molar-refractivity contribution in [3.63, 3.8) is 0 Å². The number of ether oxygens (including phenoxy) is 1. The first-order valence-corrected chi connectivity index (χ1v) is 6.67. The fourth-order valence-corrected chi connectivity index (χ4v) is 2.21. The number of hydrogen-bond donors (Lipinski definition) is 1. The highest BCUT2D eigenvalue weighted by molar-refractivity contribution is 9.10. The van der Waals surface area contributed by atoms with E-state index in [-0.39, 0.29) is 6.04 Å². The van der Waals surface area contributed by atoms with Gasteiger partial charge in [0.2, 0.25) is 0 Å². The summed E-state index contributed by atoms with van der Waals surface area (Å²) in [6, 6.07) is 9.91. The van der Waals surface area contributed by atoms with Crippen molar-refractivity contribution >= 4 is 21.6 Å². The Kier molecular flexibility index (Phi) is 4.31. The van der Waals surface area contributed by atoms with Crippen LogP contribution in [0.15, 0.2) is 45.5 Å². The van der Waals surface area contributed by atoms with Crippen LogP contribution in [0.3, 0.4) is 0 Å². The van der Waals surface area contributed by atoms with Crippen molar-refractivity contribution in [3.8, 4) is 5.75 Å². The van der Waals surface area contributed by atoms with E-state index in [0.717, 1.165) is 28.1 Å². The Balaban J connectivity index is 2.24. The van der Waals surface area contributed by atoms with Crippen molar-refractivity contribution < 1.29 is 9.15 Å². The smallest absolute Gasteiger partial charge is 0.142 e. The molecule has 0 aliphatic heterocycles. The summed E-state index contributed by atoms with van der Waals surface area (Å²) in [5.74, 6) is 1.75. The van der Waals surface area contributed by atoms with Crippen LogP contribution >= 0.6 is 15.9 Å². The normalized spacial score (nSPS) is 12.2. The minimum Gasteiger partial charge on any atom is -0.495 e. The molecule has 96 valence electrons. The van der Waals surface area contributed by atoms with E-state index in [4.69, 9.17) is 9.15 Å². The van der Waals surface area contributed by atoms with Gasteiger partial charge < -0.3 is 14.5 Å². The van der Waals surface area contributed by atoms with Gasteiger partial charge >= 0.3 is 0 Å². The van der Waals surface area contributed by atoms with E-state index in [0.29, 0.717) is 0 Å². The molecule has 0 aliphatic carbocycles. The van der Waals surface area contributed by atoms with Crippen LogP contribution in [0.2, 0.25) is 0 Å². The van der Waals surface area contributed by atoms with Crippen LogP contribution in [0.25, 0.3) is 0 Å². The van der Waals surface area contributed by atoms with Gasteiger partial charge in [-0.3, -0.25) is 0 Å². The molecule has 3 nitrogen and oxygen atoms in total. The number of hydrogen-bond acceptors (Lipinski definition) is 3. The van der Waals surface area contributed by atoms with Crippen LogP contribution in [0.5, 0.6) is 5.75 Å². The highest BCUT2D eigenvalue weighted by Crippen LogP contribution is 2.32. The van der Waals surface area contributed by atoms with E-state index in [2.05, 4.69) is 28.2 Å². The van der Waals surface area contributed by atoms with Crippen LogP contribution in [-0.2, 0) is 0 Å². The summed E-state index contributed by atoms with van der Waals surface area (Å²) in [7, 11) is 1.67. The molecule has 4 heteroatoms. The number of benzene rings is 1. The Morgan fingerprint density at radius 1 is 1.39 bits per heavy atom. The van der Waals surface area contributed by atoms with E-state index in [1.54, 1.807) is 13.4 Å². The lowest BCUT2D eigenvalue weighted by Gasteiger charge is -2.18. The van der Waals surface area contributed by atoms with Crippen molar-refractivity contribution in [1.29, 1.82) is 0 Å². The highest BCUT2D eigenvalue weighted by Gasteiger charge is 2.14. The number of halogens is 1. The SMILES string of the molecule is CCC(Nc1cc(Br)ccc1OC)c1ccco1. The van der Waals surface area contributed by atoms with Gasteiger partial charge in [-0.25, -0.2) is 0 Å². The summed E-state index contributed by atoms with van der Waals surface area (Å²) in [6.45, 7) is 2.12. The van der Waals surface area contributed by atoms with Crippen molar-refractivity contribution in [3.05, 3.63) is 46.8 Å². The standard InChI is InChI=1S/C14H16BrNO2/c1-3-11(14-5-4-8-18-14)16-12-9-10(15)6-7-13(12)17-2/h4-9,11,16H,3H2,1-2H3. The number of rotatable bonds is 5. The third-order valence-corrected chi connectivity index (χ3v) is 3.28. The average molecular weight is 310 g/mol. The van der Waals surface area contributed by atoms with Crippen LogP contribution in [0.4, 0.5) is 5.69 Å². The van der Waals surface area contributed by atoms with Gasteiger partial charge in [-0.05, 0) is 36.8 Å². The van der Waals surface area contributed by atoms with E-state index in [1.807, 2.05) is 30.3 Å². The Hall–Kier alpha value is -1.42. The Morgan fingerprint density at radius 3 is 2.83 bits per heavy atom. The largest absolute Gasteiger partial charge is 0.495 e. The van der Waals surface area contributed by atoms with Crippen molar-refractivity contribution in [2.24, 2.45) is 0 Å². The van der Waals surface area contributed by atoms with E-state index >= 15 is 0 Å². The summed E-state index contributed by atoms with van der Waals surface area (Å²) in [5, 5.41) is 3.44. The van der Waals surface area contributed by atoms with Crippen molar-refractivity contribution in [2.45, 2.75) is 19.4 Å². The first-order chi connectivity index (χ1) is 8.74. The Bertz CT molecular complexity index is 497. The van der Waals surface area contributed by atoms with Gasteiger partial charge in [-0.1, -0.05) is 22.9 Å². The molecule has 1 N–H and O–H groups in total. The molecule has 0 spiro atoms. The molecule has 1 heterocycles. The van der Waals surface area contributed by atoms with Crippen LogP contribution in [0.1, 0.15) is 25.1 Å². The third-order valence-electron chi connectivity index (χ3n) is 2.79. The number of methoxy groups -OCH3 is 1. The van der Waals surface area contributed by atoms with Crippen LogP contribution in [0, 0.1) is 0 Å². The van der Waals surface area contributed by atoms with Crippen molar-refractivity contribution in [2.75, 3.05) is 12.4 Å². The molecule has 18 heavy (non-hydrogen) atoms. The molecule has 2 aromatic rings. The minimum atomic E-state index is 0.142. The summed E-state index contributed by atoms with van der Waals surface area (Å²) in [4.78, 5) is 0. The fourth-order valence-electron chi connectivity index (χ4n) is 1.84. The third kappa shape index (κ3) is 2.88. The molecule has 1 aromatic heterocycles. The number of furan rings is 1. The molecule has 0 amide bonds. The molecule has 0 fully saturated rings. The molecule has 0 aliphatic rings. The van der Waals surface area contributed by atoms with Crippen LogP contribution in [-0.4, -0.2) is 7.11 Å². The van der Waals surface area contributed by atoms with E-state index < -0.39 is 0 Å². The summed E-state index contributed by atoms with van der Waals surface area (Å²) in [6.07, 6.45) is 2.63. The lowest BCUT2D eigenvalue weighted by Crippen LogP contribution is -2.09. The second-order valence-corrected chi connectivity index (χ2v) is 4.88. The van der Waals surface area contributed by atoms with Gasteiger partial charge in [-0.15, -0.1) is 0 Å². The molecule has 0 bridgehead atoms. The minimum absolute atomic E-state index is 0.142. The zero-order chi connectivity index (χ0) is 13.0. The lowest BCUT2D eigenvalue weighted by molar-refractivity contribution is 0.414. The maximum atomic E-state index is 5.45. The first kappa shape index (κ1) is 13.0. The Morgan fingerprint density at radius 2 is 2.22 bits per heavy atom. The number of nitrogens with one attached hydrogen (secondary N) is 1. The fraction of sp³-hybridized carbons (Fsp3) is 0.286. The highest BCUT2D eigenvalue weighted by atomic mass is 79.9. The predicted molar refractivity (Wildman–Crippen MR) is 76.1 cm³/mol. The molecule has 0 radical (unpaired) electrons. The van der Waals surface area contributed by atoms with E-state index in [1.165, 1.54) is 0 Å². The molecular formula is C14H16BrNO2. The number of anilines is 1. The quantitative estimate of drug-likeness (QED) is 0.875. The molecule has 0 saturated heterocycles. The molecule has 1 aromatic carbocycles. The molecule has 1 atom stereocenters. The van der Waals surface area contributed by atoms with Gasteiger partial charge in [0.05, 0.1) is 25.1 Å². The Labute approximate surface area is 115 Å². The second-order valence-electron chi connectivity index (χ2n) is 3.97. The van der Waals surface area contributed by atoms with Gasteiger partial charge in [0.15, 0.2) is 0 Å². The van der Waals surface area contributed by atoms with Gasteiger partial charge in [0, 0.05) is 4.47 Å². The molecule has 1 unspecified atom stereocenters. The zero-order valence-corrected chi connectivity index (χ0v) is 12.0. The molecule has 2 rings (SSSR count). The molecule has 0 saturated carbocycles. The first-order valence-electron chi connectivity index (χ1n) is 5.88. The maximum Gasteiger partial charge on any atom is 0.142 e. The lowest BCUT2D eigenvalue weighted by atomic mass is 10.1.